The van der Waals surface area contributed by atoms with Gasteiger partial charge in [-0.3, -0.25) is 0 Å². The van der Waals surface area contributed by atoms with E-state index >= 15 is 0 Å². The SMILES string of the molecule is CCC(Br)(Br)C(=O)OC(C)I. The molecule has 0 heterocycles. The molecule has 0 amide bonds. The number of hydrogen-bond donors (Lipinski definition) is 0. The van der Waals surface area contributed by atoms with E-state index in [9.17, 15) is 4.79 Å². The molecule has 0 bridgehead atoms. The molecule has 0 spiro atoms. The van der Waals surface area contributed by atoms with Crippen LogP contribution >= 0.6 is 54.5 Å². The third-order valence-electron chi connectivity index (χ3n) is 1.01. The first-order valence-corrected chi connectivity index (χ1v) is 5.96. The fourth-order valence-corrected chi connectivity index (χ4v) is 0.796. The lowest BCUT2D eigenvalue weighted by Crippen LogP contribution is -2.27. The minimum atomic E-state index is -0.709. The normalized spacial score (nSPS) is 14.3. The summed E-state index contributed by atoms with van der Waals surface area (Å²) >= 11 is 8.46. The Labute approximate surface area is 96.8 Å². The largest absolute Gasteiger partial charge is 0.450 e. The fraction of sp³-hybridized carbons (Fsp3) is 0.833. The van der Waals surface area contributed by atoms with Crippen LogP contribution in [0.3, 0.4) is 0 Å². The first kappa shape index (κ1) is 12.2. The Hall–Kier alpha value is 1.16. The summed E-state index contributed by atoms with van der Waals surface area (Å²) in [5, 5.41) is 0. The summed E-state index contributed by atoms with van der Waals surface area (Å²) in [6.45, 7) is 3.70. The van der Waals surface area contributed by atoms with Crippen LogP contribution in [0.5, 0.6) is 0 Å². The molecular weight excluding hydrogens is 391 g/mol. The Morgan fingerprint density at radius 2 is 2.18 bits per heavy atom. The van der Waals surface area contributed by atoms with Gasteiger partial charge in [-0.05, 0) is 35.9 Å². The molecule has 66 valence electrons. The van der Waals surface area contributed by atoms with Crippen molar-refractivity contribution < 1.29 is 9.53 Å². The van der Waals surface area contributed by atoms with Gasteiger partial charge in [0.05, 0.1) is 0 Å². The third kappa shape index (κ3) is 4.67. The van der Waals surface area contributed by atoms with Crippen molar-refractivity contribution in [1.29, 1.82) is 0 Å². The molecule has 0 aliphatic rings. The number of halogens is 3. The van der Waals surface area contributed by atoms with Crippen LogP contribution in [0.15, 0.2) is 0 Å². The second kappa shape index (κ2) is 5.01. The predicted octanol–water partition coefficient (Wildman–Crippen LogP) is 3.21. The highest BCUT2D eigenvalue weighted by Gasteiger charge is 2.32. The zero-order valence-corrected chi connectivity index (χ0v) is 11.6. The van der Waals surface area contributed by atoms with E-state index in [2.05, 4.69) is 31.9 Å². The summed E-state index contributed by atoms with van der Waals surface area (Å²) < 4.78 is 4.15. The molecule has 0 rings (SSSR count). The van der Waals surface area contributed by atoms with Gasteiger partial charge in [-0.15, -0.1) is 0 Å². The highest BCUT2D eigenvalue weighted by Crippen LogP contribution is 2.32. The predicted molar refractivity (Wildman–Crippen MR) is 60.5 cm³/mol. The van der Waals surface area contributed by atoms with E-state index in [1.54, 1.807) is 0 Å². The Balaban J connectivity index is 4.02. The van der Waals surface area contributed by atoms with Gasteiger partial charge in [0, 0.05) is 0 Å². The molecule has 0 aromatic rings. The van der Waals surface area contributed by atoms with Gasteiger partial charge in [0.15, 0.2) is 3.23 Å². The molecular formula is C6H9Br2IO2. The van der Waals surface area contributed by atoms with Crippen molar-refractivity contribution in [3.63, 3.8) is 0 Å². The van der Waals surface area contributed by atoms with Crippen molar-refractivity contribution in [1.82, 2.24) is 0 Å². The lowest BCUT2D eigenvalue weighted by atomic mass is 10.3. The Bertz CT molecular complexity index is 148. The molecule has 0 saturated carbocycles. The van der Waals surface area contributed by atoms with Crippen LogP contribution in [0.2, 0.25) is 0 Å². The van der Waals surface area contributed by atoms with E-state index in [-0.39, 0.29) is 10.1 Å². The van der Waals surface area contributed by atoms with Crippen molar-refractivity contribution in [2.75, 3.05) is 0 Å². The number of hydrogen-bond acceptors (Lipinski definition) is 2. The number of alkyl halides is 3. The van der Waals surface area contributed by atoms with Crippen LogP contribution in [0.25, 0.3) is 0 Å². The zero-order valence-electron chi connectivity index (χ0n) is 6.23. The summed E-state index contributed by atoms with van der Waals surface area (Å²) in [5.41, 5.74) is 0. The quantitative estimate of drug-likeness (QED) is 0.414. The van der Waals surface area contributed by atoms with E-state index in [0.717, 1.165) is 0 Å². The number of rotatable bonds is 3. The van der Waals surface area contributed by atoms with Crippen molar-refractivity contribution in [3.05, 3.63) is 0 Å². The lowest BCUT2D eigenvalue weighted by molar-refractivity contribution is -0.143. The number of esters is 1. The molecule has 0 N–H and O–H groups in total. The highest BCUT2D eigenvalue weighted by atomic mass is 127. The van der Waals surface area contributed by atoms with E-state index in [1.807, 2.05) is 36.4 Å². The summed E-state index contributed by atoms with van der Waals surface area (Å²) in [5.74, 6) is -0.276. The summed E-state index contributed by atoms with van der Waals surface area (Å²) in [6.07, 6.45) is 0.648. The van der Waals surface area contributed by atoms with Gasteiger partial charge in [0.25, 0.3) is 0 Å². The summed E-state index contributed by atoms with van der Waals surface area (Å²) in [7, 11) is 0. The molecule has 0 aromatic heterocycles. The second-order valence-corrected chi connectivity index (χ2v) is 7.53. The number of ether oxygens (including phenoxy) is 1. The van der Waals surface area contributed by atoms with Crippen LogP contribution in [0.4, 0.5) is 0 Å². The first-order chi connectivity index (χ1) is 4.90. The van der Waals surface area contributed by atoms with Gasteiger partial charge in [0.1, 0.15) is 4.11 Å². The van der Waals surface area contributed by atoms with Gasteiger partial charge >= 0.3 is 5.97 Å². The van der Waals surface area contributed by atoms with E-state index in [4.69, 9.17) is 4.74 Å². The third-order valence-corrected chi connectivity index (χ3v) is 3.04. The maximum Gasteiger partial charge on any atom is 0.334 e. The van der Waals surface area contributed by atoms with E-state index in [1.165, 1.54) is 0 Å². The molecule has 0 aromatic carbocycles. The molecule has 1 unspecified atom stereocenters. The van der Waals surface area contributed by atoms with E-state index < -0.39 is 3.23 Å². The Kier molecular flexibility index (Phi) is 5.54. The molecule has 0 fully saturated rings. The van der Waals surface area contributed by atoms with Gasteiger partial charge in [-0.2, -0.15) is 0 Å². The minimum Gasteiger partial charge on any atom is -0.450 e. The number of carbonyl (C=O) groups excluding carboxylic acids is 1. The molecule has 0 saturated heterocycles. The second-order valence-electron chi connectivity index (χ2n) is 2.01. The molecule has 0 aliphatic heterocycles. The molecule has 1 atom stereocenters. The molecule has 5 heteroatoms. The monoisotopic (exact) mass is 398 g/mol. The smallest absolute Gasteiger partial charge is 0.334 e. The van der Waals surface area contributed by atoms with Crippen LogP contribution < -0.4 is 0 Å². The average Bonchev–Trinajstić information content (AvgIpc) is 1.86. The van der Waals surface area contributed by atoms with Crippen LogP contribution in [-0.4, -0.2) is 13.3 Å². The van der Waals surface area contributed by atoms with Gasteiger partial charge in [0.2, 0.25) is 0 Å². The molecule has 2 nitrogen and oxygen atoms in total. The van der Waals surface area contributed by atoms with E-state index in [0.29, 0.717) is 6.42 Å². The lowest BCUT2D eigenvalue weighted by Gasteiger charge is -2.17. The minimum absolute atomic E-state index is 0.0962. The Morgan fingerprint density at radius 3 is 2.45 bits per heavy atom. The van der Waals surface area contributed by atoms with Crippen LogP contribution in [0, 0.1) is 0 Å². The standard InChI is InChI=1S/C6H9Br2IO2/c1-3-6(7,8)5(10)11-4(2)9/h4H,3H2,1-2H3. The average molecular weight is 400 g/mol. The molecule has 0 aliphatic carbocycles. The van der Waals surface area contributed by atoms with Crippen molar-refractivity contribution in [3.8, 4) is 0 Å². The first-order valence-electron chi connectivity index (χ1n) is 3.13. The van der Waals surface area contributed by atoms with Gasteiger partial charge in [-0.25, -0.2) is 4.79 Å². The van der Waals surface area contributed by atoms with Crippen LogP contribution in [-0.2, 0) is 9.53 Å². The summed E-state index contributed by atoms with van der Waals surface area (Å²) in [6, 6.07) is 0. The number of carbonyl (C=O) groups is 1. The highest BCUT2D eigenvalue weighted by molar-refractivity contribution is 14.1. The van der Waals surface area contributed by atoms with Gasteiger partial charge in [-0.1, -0.05) is 38.8 Å². The summed E-state index contributed by atoms with van der Waals surface area (Å²) in [4.78, 5) is 11.2. The topological polar surface area (TPSA) is 26.3 Å². The van der Waals surface area contributed by atoms with Crippen molar-refractivity contribution in [2.45, 2.75) is 27.6 Å². The molecule has 11 heavy (non-hydrogen) atoms. The van der Waals surface area contributed by atoms with Crippen molar-refractivity contribution >= 4 is 60.4 Å². The Morgan fingerprint density at radius 1 is 1.73 bits per heavy atom. The van der Waals surface area contributed by atoms with Gasteiger partial charge < -0.3 is 4.74 Å². The maximum atomic E-state index is 11.2. The fourth-order valence-electron chi connectivity index (χ4n) is 0.378. The zero-order chi connectivity index (χ0) is 9.07. The van der Waals surface area contributed by atoms with Crippen molar-refractivity contribution in [2.24, 2.45) is 0 Å². The molecule has 0 radical (unpaired) electrons. The maximum absolute atomic E-state index is 11.2. The van der Waals surface area contributed by atoms with Crippen LogP contribution in [0.1, 0.15) is 20.3 Å².